The number of fused-ring (bicyclic) bond motifs is 1. The van der Waals surface area contributed by atoms with Gasteiger partial charge in [-0.3, -0.25) is 9.48 Å². The topological polar surface area (TPSA) is 112 Å². The highest BCUT2D eigenvalue weighted by molar-refractivity contribution is 7.99. The van der Waals surface area contributed by atoms with E-state index in [9.17, 15) is 9.59 Å². The third kappa shape index (κ3) is 5.30. The average molecular weight is 490 g/mol. The predicted octanol–water partition coefficient (Wildman–Crippen LogP) is 4.28. The minimum absolute atomic E-state index is 0.0815. The predicted molar refractivity (Wildman–Crippen MR) is 126 cm³/mol. The van der Waals surface area contributed by atoms with Gasteiger partial charge in [0, 0.05) is 11.1 Å². The number of amides is 1. The number of esters is 1. The molecular weight excluding hydrogens is 462 g/mol. The van der Waals surface area contributed by atoms with Crippen LogP contribution >= 0.6 is 23.1 Å². The number of anilines is 1. The molecule has 11 heteroatoms. The van der Waals surface area contributed by atoms with Gasteiger partial charge in [0.25, 0.3) is 5.22 Å². The minimum Gasteiger partial charge on any atom is -0.462 e. The number of nitrogens with one attached hydrogen (secondary N) is 1. The van der Waals surface area contributed by atoms with Crippen LogP contribution < -0.4 is 5.32 Å². The number of thiophene rings is 1. The molecule has 0 bridgehead atoms. The van der Waals surface area contributed by atoms with Gasteiger partial charge < -0.3 is 14.5 Å². The maximum absolute atomic E-state index is 12.7. The number of aromatic nitrogens is 4. The van der Waals surface area contributed by atoms with Crippen LogP contribution in [0.2, 0.25) is 0 Å². The molecule has 1 aliphatic rings. The molecule has 1 amide bonds. The van der Waals surface area contributed by atoms with Crippen LogP contribution in [0.25, 0.3) is 0 Å². The third-order valence-corrected chi connectivity index (χ3v) is 7.48. The van der Waals surface area contributed by atoms with Crippen molar-refractivity contribution in [1.82, 2.24) is 20.0 Å². The van der Waals surface area contributed by atoms with Crippen LogP contribution in [0, 0.1) is 12.8 Å². The van der Waals surface area contributed by atoms with Gasteiger partial charge in [0.2, 0.25) is 11.8 Å². The van der Waals surface area contributed by atoms with Crippen LogP contribution in [-0.2, 0) is 22.4 Å². The molecule has 0 radical (unpaired) electrons. The van der Waals surface area contributed by atoms with Gasteiger partial charge in [-0.05, 0) is 57.6 Å². The smallest absolute Gasteiger partial charge is 0.341 e. The Bertz CT molecular complexity index is 1150. The molecule has 0 spiro atoms. The Hall–Kier alpha value is -2.66. The molecule has 176 valence electrons. The molecule has 0 unspecified atom stereocenters. The molecule has 0 fully saturated rings. The van der Waals surface area contributed by atoms with Crippen molar-refractivity contribution in [2.45, 2.75) is 58.2 Å². The Morgan fingerprint density at radius 1 is 1.42 bits per heavy atom. The van der Waals surface area contributed by atoms with Gasteiger partial charge in [0.1, 0.15) is 11.0 Å². The molecule has 3 aromatic rings. The lowest BCUT2D eigenvalue weighted by molar-refractivity contribution is -0.113. The first-order valence-corrected chi connectivity index (χ1v) is 12.7. The standard InChI is InChI=1S/C22H27N5O4S2/c1-5-30-21(29)18-15-7-6-12(2)10-16(15)33-20(18)23-17(28)11-32-22-25-24-19(31-22)14(4)27-9-8-13(3)26-27/h8-9,12,14H,5-7,10-11H2,1-4H3,(H,23,28)/t12-,14-/m0/s1. The van der Waals surface area contributed by atoms with E-state index < -0.39 is 0 Å². The first-order chi connectivity index (χ1) is 15.9. The second-order valence-electron chi connectivity index (χ2n) is 8.13. The van der Waals surface area contributed by atoms with Crippen molar-refractivity contribution >= 4 is 40.0 Å². The van der Waals surface area contributed by atoms with Gasteiger partial charge in [-0.15, -0.1) is 21.5 Å². The quantitative estimate of drug-likeness (QED) is 0.369. The Kier molecular flexibility index (Phi) is 7.18. The summed E-state index contributed by atoms with van der Waals surface area (Å²) < 4.78 is 12.7. The van der Waals surface area contributed by atoms with Gasteiger partial charge in [-0.25, -0.2) is 4.79 Å². The Balaban J connectivity index is 1.41. The molecule has 9 nitrogen and oxygen atoms in total. The summed E-state index contributed by atoms with van der Waals surface area (Å²) in [4.78, 5) is 26.4. The molecule has 3 aromatic heterocycles. The van der Waals surface area contributed by atoms with E-state index in [1.807, 2.05) is 26.1 Å². The fourth-order valence-corrected chi connectivity index (χ4v) is 5.74. The van der Waals surface area contributed by atoms with Crippen molar-refractivity contribution in [2.75, 3.05) is 17.7 Å². The number of hydrogen-bond donors (Lipinski definition) is 1. The molecule has 0 aliphatic heterocycles. The molecule has 3 heterocycles. The first kappa shape index (κ1) is 23.5. The summed E-state index contributed by atoms with van der Waals surface area (Å²) >= 11 is 2.63. The van der Waals surface area contributed by atoms with Crippen molar-refractivity contribution < 1.29 is 18.7 Å². The second kappa shape index (κ2) is 10.1. The monoisotopic (exact) mass is 489 g/mol. The maximum Gasteiger partial charge on any atom is 0.341 e. The summed E-state index contributed by atoms with van der Waals surface area (Å²) in [6.07, 6.45) is 4.61. The zero-order chi connectivity index (χ0) is 23.5. The maximum atomic E-state index is 12.7. The Labute approximate surface area is 200 Å². The molecule has 0 saturated heterocycles. The molecule has 0 aromatic carbocycles. The lowest BCUT2D eigenvalue weighted by Crippen LogP contribution is -2.17. The van der Waals surface area contributed by atoms with E-state index in [-0.39, 0.29) is 23.7 Å². The van der Waals surface area contributed by atoms with Gasteiger partial charge >= 0.3 is 5.97 Å². The average Bonchev–Trinajstić information content (AvgIpc) is 3.50. The number of carbonyl (C=O) groups is 2. The van der Waals surface area contributed by atoms with E-state index in [1.165, 1.54) is 11.3 Å². The Morgan fingerprint density at radius 2 is 2.24 bits per heavy atom. The molecular formula is C22H27N5O4S2. The summed E-state index contributed by atoms with van der Waals surface area (Å²) in [7, 11) is 0. The molecule has 2 atom stereocenters. The van der Waals surface area contributed by atoms with Crippen molar-refractivity contribution in [3.05, 3.63) is 39.9 Å². The van der Waals surface area contributed by atoms with Crippen LogP contribution in [0.5, 0.6) is 0 Å². The highest BCUT2D eigenvalue weighted by atomic mass is 32.2. The van der Waals surface area contributed by atoms with Crippen molar-refractivity contribution in [3.63, 3.8) is 0 Å². The molecule has 1 aliphatic carbocycles. The van der Waals surface area contributed by atoms with Crippen LogP contribution in [0.3, 0.4) is 0 Å². The Morgan fingerprint density at radius 3 is 2.97 bits per heavy atom. The van der Waals surface area contributed by atoms with E-state index >= 15 is 0 Å². The summed E-state index contributed by atoms with van der Waals surface area (Å²) in [5.74, 6) is 0.443. The zero-order valence-electron chi connectivity index (χ0n) is 19.1. The number of rotatable bonds is 8. The highest BCUT2D eigenvalue weighted by Gasteiger charge is 2.29. The van der Waals surface area contributed by atoms with Crippen molar-refractivity contribution in [2.24, 2.45) is 5.92 Å². The van der Waals surface area contributed by atoms with E-state index in [0.29, 0.717) is 34.2 Å². The van der Waals surface area contributed by atoms with Crippen molar-refractivity contribution in [1.29, 1.82) is 0 Å². The van der Waals surface area contributed by atoms with Gasteiger partial charge in [-0.1, -0.05) is 18.7 Å². The van der Waals surface area contributed by atoms with Crippen LogP contribution in [0.4, 0.5) is 5.00 Å². The number of nitrogens with zero attached hydrogens (tertiary/aromatic N) is 4. The minimum atomic E-state index is -0.378. The lowest BCUT2D eigenvalue weighted by Gasteiger charge is -2.18. The van der Waals surface area contributed by atoms with E-state index in [4.69, 9.17) is 9.15 Å². The third-order valence-electron chi connectivity index (χ3n) is 5.49. The van der Waals surface area contributed by atoms with E-state index in [2.05, 4.69) is 27.5 Å². The number of thioether (sulfide) groups is 1. The number of aryl methyl sites for hydroxylation is 1. The van der Waals surface area contributed by atoms with Gasteiger partial charge in [0.05, 0.1) is 23.6 Å². The van der Waals surface area contributed by atoms with E-state index in [0.717, 1.165) is 47.2 Å². The van der Waals surface area contributed by atoms with Crippen LogP contribution in [0.1, 0.15) is 65.6 Å². The SMILES string of the molecule is CCOC(=O)c1c(NC(=O)CSc2nnc([C@H](C)n3ccc(C)n3)o2)sc2c1CC[C@H](C)C2. The first-order valence-electron chi connectivity index (χ1n) is 10.9. The largest absolute Gasteiger partial charge is 0.462 e. The number of hydrogen-bond acceptors (Lipinski definition) is 9. The lowest BCUT2D eigenvalue weighted by atomic mass is 9.88. The fraction of sp³-hybridized carbons (Fsp3) is 0.500. The number of ether oxygens (including phenoxy) is 1. The molecule has 0 saturated carbocycles. The summed E-state index contributed by atoms with van der Waals surface area (Å²) in [6.45, 7) is 8.10. The summed E-state index contributed by atoms with van der Waals surface area (Å²) in [5.41, 5.74) is 2.42. The van der Waals surface area contributed by atoms with Crippen LogP contribution in [-0.4, -0.2) is 44.2 Å². The van der Waals surface area contributed by atoms with Gasteiger partial charge in [0.15, 0.2) is 0 Å². The fourth-order valence-electron chi connectivity index (χ4n) is 3.76. The molecule has 1 N–H and O–H groups in total. The zero-order valence-corrected chi connectivity index (χ0v) is 20.7. The van der Waals surface area contributed by atoms with E-state index in [1.54, 1.807) is 11.6 Å². The highest BCUT2D eigenvalue weighted by Crippen LogP contribution is 2.40. The normalized spacial score (nSPS) is 16.3. The number of carbonyl (C=O) groups excluding carboxylic acids is 2. The van der Waals surface area contributed by atoms with Gasteiger partial charge in [-0.2, -0.15) is 5.10 Å². The second-order valence-corrected chi connectivity index (χ2v) is 10.2. The van der Waals surface area contributed by atoms with Crippen molar-refractivity contribution in [3.8, 4) is 0 Å². The molecule has 4 rings (SSSR count). The van der Waals surface area contributed by atoms with Crippen LogP contribution in [0.15, 0.2) is 21.9 Å². The summed E-state index contributed by atoms with van der Waals surface area (Å²) in [6, 6.07) is 1.70. The molecule has 33 heavy (non-hydrogen) atoms. The summed E-state index contributed by atoms with van der Waals surface area (Å²) in [5, 5.41) is 16.3.